The molecular formula is C16H23FN2O. The van der Waals surface area contributed by atoms with E-state index in [1.165, 1.54) is 12.1 Å². The van der Waals surface area contributed by atoms with Gasteiger partial charge in [0.05, 0.1) is 6.54 Å². The first-order valence-corrected chi connectivity index (χ1v) is 7.39. The smallest absolute Gasteiger partial charge is 0.176 e. The summed E-state index contributed by atoms with van der Waals surface area (Å²) in [6.07, 6.45) is 1.11. The molecule has 0 N–H and O–H groups in total. The lowest BCUT2D eigenvalue weighted by molar-refractivity contribution is 0.0939. The minimum Gasteiger partial charge on any atom is -0.300 e. The average Bonchev–Trinajstić information content (AvgIpc) is 2.88. The van der Waals surface area contributed by atoms with Gasteiger partial charge in [-0.1, -0.05) is 26.0 Å². The predicted octanol–water partition coefficient (Wildman–Crippen LogP) is 2.42. The van der Waals surface area contributed by atoms with E-state index in [2.05, 4.69) is 23.6 Å². The molecule has 0 spiro atoms. The Labute approximate surface area is 120 Å². The quantitative estimate of drug-likeness (QED) is 0.747. The molecule has 0 aromatic heterocycles. The number of nitrogens with zero attached hydrogens (tertiary/aromatic N) is 2. The van der Waals surface area contributed by atoms with Crippen LogP contribution in [-0.2, 0) is 0 Å². The van der Waals surface area contributed by atoms with E-state index in [1.807, 2.05) is 0 Å². The average molecular weight is 278 g/mol. The number of likely N-dealkylation sites (N-methyl/N-ethyl adjacent to an activating group) is 1. The lowest BCUT2D eigenvalue weighted by atomic mass is 10.1. The molecule has 20 heavy (non-hydrogen) atoms. The summed E-state index contributed by atoms with van der Waals surface area (Å²) in [7, 11) is 0. The van der Waals surface area contributed by atoms with Gasteiger partial charge < -0.3 is 0 Å². The summed E-state index contributed by atoms with van der Waals surface area (Å²) in [6, 6.07) is 6.50. The fraction of sp³-hybridized carbons (Fsp3) is 0.562. The van der Waals surface area contributed by atoms with E-state index in [0.717, 1.165) is 32.6 Å². The highest BCUT2D eigenvalue weighted by Crippen LogP contribution is 2.16. The van der Waals surface area contributed by atoms with Gasteiger partial charge in [-0.25, -0.2) is 4.39 Å². The summed E-state index contributed by atoms with van der Waals surface area (Å²) >= 11 is 0. The summed E-state index contributed by atoms with van der Waals surface area (Å²) in [6.45, 7) is 8.71. The van der Waals surface area contributed by atoms with Crippen molar-refractivity contribution in [1.82, 2.24) is 9.80 Å². The molecule has 1 heterocycles. The van der Waals surface area contributed by atoms with Gasteiger partial charge in [0.15, 0.2) is 5.78 Å². The van der Waals surface area contributed by atoms with Crippen LogP contribution >= 0.6 is 0 Å². The molecule has 1 aliphatic rings. The summed E-state index contributed by atoms with van der Waals surface area (Å²) < 4.78 is 13.1. The Morgan fingerprint density at radius 3 is 2.80 bits per heavy atom. The van der Waals surface area contributed by atoms with E-state index in [4.69, 9.17) is 0 Å². The van der Waals surface area contributed by atoms with Crippen molar-refractivity contribution in [3.8, 4) is 0 Å². The summed E-state index contributed by atoms with van der Waals surface area (Å²) in [5.41, 5.74) is 0.469. The molecule has 0 saturated carbocycles. The second kappa shape index (κ2) is 6.95. The first-order valence-electron chi connectivity index (χ1n) is 7.39. The summed E-state index contributed by atoms with van der Waals surface area (Å²) in [5, 5.41) is 0. The third kappa shape index (κ3) is 3.64. The highest BCUT2D eigenvalue weighted by Gasteiger charge is 2.27. The van der Waals surface area contributed by atoms with Crippen molar-refractivity contribution in [3.05, 3.63) is 35.6 Å². The standard InChI is InChI=1S/C16H23FN2O/c1-3-19(4-2)15-8-9-18(11-15)12-16(20)13-6-5-7-14(17)10-13/h5-7,10,15H,3-4,8-9,11-12H2,1-2H3. The van der Waals surface area contributed by atoms with Crippen LogP contribution in [0.4, 0.5) is 4.39 Å². The van der Waals surface area contributed by atoms with Gasteiger partial charge in [0.25, 0.3) is 0 Å². The number of carbonyl (C=O) groups is 1. The van der Waals surface area contributed by atoms with Crippen molar-refractivity contribution in [1.29, 1.82) is 0 Å². The summed E-state index contributed by atoms with van der Waals surface area (Å²) in [4.78, 5) is 16.8. The number of carbonyl (C=O) groups excluding carboxylic acids is 1. The van der Waals surface area contributed by atoms with Gasteiger partial charge in [0.2, 0.25) is 0 Å². The Balaban J connectivity index is 1.90. The molecule has 0 radical (unpaired) electrons. The number of likely N-dealkylation sites (tertiary alicyclic amines) is 1. The Morgan fingerprint density at radius 2 is 2.15 bits per heavy atom. The number of ketones is 1. The van der Waals surface area contributed by atoms with E-state index in [0.29, 0.717) is 18.2 Å². The van der Waals surface area contributed by atoms with Crippen molar-refractivity contribution in [2.75, 3.05) is 32.7 Å². The molecule has 1 unspecified atom stereocenters. The van der Waals surface area contributed by atoms with Crippen LogP contribution in [0.5, 0.6) is 0 Å². The maximum absolute atomic E-state index is 13.1. The van der Waals surface area contributed by atoms with Crippen molar-refractivity contribution < 1.29 is 9.18 Å². The number of halogens is 1. The molecule has 1 aromatic carbocycles. The van der Waals surface area contributed by atoms with E-state index in [9.17, 15) is 9.18 Å². The van der Waals surface area contributed by atoms with Crippen LogP contribution in [0.2, 0.25) is 0 Å². The first-order chi connectivity index (χ1) is 9.63. The molecule has 1 aliphatic heterocycles. The fourth-order valence-corrected chi connectivity index (χ4v) is 2.95. The molecule has 110 valence electrons. The monoisotopic (exact) mass is 278 g/mol. The van der Waals surface area contributed by atoms with Crippen LogP contribution in [0.3, 0.4) is 0 Å². The Hall–Kier alpha value is -1.26. The number of hydrogen-bond donors (Lipinski definition) is 0. The van der Waals surface area contributed by atoms with Gasteiger partial charge in [-0.05, 0) is 31.6 Å². The molecule has 4 heteroatoms. The zero-order valence-corrected chi connectivity index (χ0v) is 12.3. The molecule has 1 aromatic rings. The van der Waals surface area contributed by atoms with Crippen LogP contribution in [0.25, 0.3) is 0 Å². The Kier molecular flexibility index (Phi) is 5.26. The number of Topliss-reactive ketones (excluding diaryl/α,β-unsaturated/α-hetero) is 1. The molecule has 1 saturated heterocycles. The molecular weight excluding hydrogens is 255 g/mol. The van der Waals surface area contributed by atoms with E-state index in [1.54, 1.807) is 12.1 Å². The third-order valence-electron chi connectivity index (χ3n) is 4.09. The molecule has 1 atom stereocenters. The molecule has 2 rings (SSSR count). The van der Waals surface area contributed by atoms with Gasteiger partial charge in [0, 0.05) is 24.7 Å². The van der Waals surface area contributed by atoms with Crippen molar-refractivity contribution in [3.63, 3.8) is 0 Å². The molecule has 0 aliphatic carbocycles. The van der Waals surface area contributed by atoms with Gasteiger partial charge in [0.1, 0.15) is 5.82 Å². The van der Waals surface area contributed by atoms with Gasteiger partial charge in [-0.15, -0.1) is 0 Å². The fourth-order valence-electron chi connectivity index (χ4n) is 2.95. The third-order valence-corrected chi connectivity index (χ3v) is 4.09. The van der Waals surface area contributed by atoms with Crippen molar-refractivity contribution in [2.45, 2.75) is 26.3 Å². The lowest BCUT2D eigenvalue weighted by Crippen LogP contribution is -2.38. The van der Waals surface area contributed by atoms with Gasteiger partial charge in [-0.2, -0.15) is 0 Å². The maximum atomic E-state index is 13.1. The minimum absolute atomic E-state index is 0.00435. The van der Waals surface area contributed by atoms with Crippen molar-refractivity contribution >= 4 is 5.78 Å². The van der Waals surface area contributed by atoms with Gasteiger partial charge in [-0.3, -0.25) is 14.6 Å². The Morgan fingerprint density at radius 1 is 1.40 bits per heavy atom. The SMILES string of the molecule is CCN(CC)C1CCN(CC(=O)c2cccc(F)c2)C1. The molecule has 0 bridgehead atoms. The molecule has 1 fully saturated rings. The van der Waals surface area contributed by atoms with E-state index >= 15 is 0 Å². The van der Waals surface area contributed by atoms with Crippen molar-refractivity contribution in [2.24, 2.45) is 0 Å². The van der Waals surface area contributed by atoms with E-state index < -0.39 is 0 Å². The topological polar surface area (TPSA) is 23.6 Å². The van der Waals surface area contributed by atoms with Crippen LogP contribution < -0.4 is 0 Å². The largest absolute Gasteiger partial charge is 0.300 e. The highest BCUT2D eigenvalue weighted by molar-refractivity contribution is 5.97. The maximum Gasteiger partial charge on any atom is 0.176 e. The second-order valence-corrected chi connectivity index (χ2v) is 5.33. The zero-order chi connectivity index (χ0) is 14.5. The minimum atomic E-state index is -0.349. The molecule has 3 nitrogen and oxygen atoms in total. The molecule has 0 amide bonds. The van der Waals surface area contributed by atoms with Crippen LogP contribution in [0, 0.1) is 5.82 Å². The normalized spacial score (nSPS) is 19.7. The van der Waals surface area contributed by atoms with Crippen LogP contribution in [-0.4, -0.2) is 54.3 Å². The number of benzene rings is 1. The predicted molar refractivity (Wildman–Crippen MR) is 78.5 cm³/mol. The first kappa shape index (κ1) is 15.1. The van der Waals surface area contributed by atoms with Crippen LogP contribution in [0.15, 0.2) is 24.3 Å². The van der Waals surface area contributed by atoms with Crippen LogP contribution in [0.1, 0.15) is 30.6 Å². The number of rotatable bonds is 6. The summed E-state index contributed by atoms with van der Waals surface area (Å²) in [5.74, 6) is -0.344. The highest BCUT2D eigenvalue weighted by atomic mass is 19.1. The van der Waals surface area contributed by atoms with E-state index in [-0.39, 0.29) is 11.6 Å². The zero-order valence-electron chi connectivity index (χ0n) is 12.3. The Bertz CT molecular complexity index is 460. The second-order valence-electron chi connectivity index (χ2n) is 5.33. The lowest BCUT2D eigenvalue weighted by Gasteiger charge is -2.26. The van der Waals surface area contributed by atoms with Gasteiger partial charge >= 0.3 is 0 Å². The number of hydrogen-bond acceptors (Lipinski definition) is 3.